The molecule has 0 saturated carbocycles. The van der Waals surface area contributed by atoms with Crippen LogP contribution in [0, 0.1) is 6.92 Å². The van der Waals surface area contributed by atoms with E-state index in [0.29, 0.717) is 12.6 Å². The van der Waals surface area contributed by atoms with E-state index in [0.717, 1.165) is 23.2 Å². The zero-order chi connectivity index (χ0) is 12.1. The Labute approximate surface area is 100 Å². The van der Waals surface area contributed by atoms with Crippen molar-refractivity contribution in [1.82, 2.24) is 9.97 Å². The van der Waals surface area contributed by atoms with Gasteiger partial charge in [0.15, 0.2) is 0 Å². The van der Waals surface area contributed by atoms with Crippen LogP contribution in [-0.2, 0) is 6.42 Å². The maximum absolute atomic E-state index is 5.83. The van der Waals surface area contributed by atoms with Crippen LogP contribution >= 0.6 is 0 Å². The van der Waals surface area contributed by atoms with Gasteiger partial charge in [0.1, 0.15) is 0 Å². The Balaban J connectivity index is 1.88. The predicted octanol–water partition coefficient (Wildman–Crippen LogP) is 1.99. The summed E-state index contributed by atoms with van der Waals surface area (Å²) in [5, 5.41) is 0. The highest BCUT2D eigenvalue weighted by atomic mass is 16.5. The van der Waals surface area contributed by atoms with Gasteiger partial charge < -0.3 is 10.5 Å². The lowest BCUT2D eigenvalue weighted by Crippen LogP contribution is -2.05. The van der Waals surface area contributed by atoms with Crippen molar-refractivity contribution in [2.75, 3.05) is 12.3 Å². The molecule has 2 rings (SSSR count). The topological polar surface area (TPSA) is 61.0 Å². The molecule has 17 heavy (non-hydrogen) atoms. The average Bonchev–Trinajstić information content (AvgIpc) is 2.34. The lowest BCUT2D eigenvalue weighted by atomic mass is 10.1. The standard InChI is InChI=1S/C13H15N3O/c1-10-8-15-13(16-9-10)17-7-6-11-4-2-3-5-12(11)14/h2-5,8-9H,6-7,14H2,1H3. The van der Waals surface area contributed by atoms with Crippen LogP contribution in [0.25, 0.3) is 0 Å². The van der Waals surface area contributed by atoms with Crippen LogP contribution < -0.4 is 10.5 Å². The van der Waals surface area contributed by atoms with Gasteiger partial charge in [0.05, 0.1) is 6.61 Å². The first-order chi connectivity index (χ1) is 8.25. The van der Waals surface area contributed by atoms with Gasteiger partial charge in [-0.3, -0.25) is 0 Å². The smallest absolute Gasteiger partial charge is 0.316 e. The van der Waals surface area contributed by atoms with Crippen molar-refractivity contribution >= 4 is 5.69 Å². The van der Waals surface area contributed by atoms with Crippen LogP contribution in [0.1, 0.15) is 11.1 Å². The van der Waals surface area contributed by atoms with Crippen molar-refractivity contribution in [2.24, 2.45) is 0 Å². The molecule has 2 aromatic rings. The Morgan fingerprint density at radius 3 is 2.59 bits per heavy atom. The van der Waals surface area contributed by atoms with Gasteiger partial charge in [0, 0.05) is 24.5 Å². The van der Waals surface area contributed by atoms with Gasteiger partial charge in [-0.05, 0) is 24.1 Å². The lowest BCUT2D eigenvalue weighted by Gasteiger charge is -2.06. The second-order valence-electron chi connectivity index (χ2n) is 3.84. The maximum atomic E-state index is 5.83. The number of hydrogen-bond acceptors (Lipinski definition) is 4. The summed E-state index contributed by atoms with van der Waals surface area (Å²) >= 11 is 0. The third-order valence-corrected chi connectivity index (χ3v) is 2.41. The van der Waals surface area contributed by atoms with Crippen LogP contribution in [0.15, 0.2) is 36.7 Å². The SMILES string of the molecule is Cc1cnc(OCCc2ccccc2N)nc1. The van der Waals surface area contributed by atoms with Gasteiger partial charge in [-0.25, -0.2) is 9.97 Å². The molecule has 0 atom stereocenters. The van der Waals surface area contributed by atoms with Crippen LogP contribution in [0.2, 0.25) is 0 Å². The summed E-state index contributed by atoms with van der Waals surface area (Å²) in [6.45, 7) is 2.46. The van der Waals surface area contributed by atoms with E-state index in [1.54, 1.807) is 12.4 Å². The van der Waals surface area contributed by atoms with Gasteiger partial charge in [-0.1, -0.05) is 18.2 Å². The molecule has 4 nitrogen and oxygen atoms in total. The molecule has 0 unspecified atom stereocenters. The number of nitrogens with zero attached hydrogens (tertiary/aromatic N) is 2. The summed E-state index contributed by atoms with van der Waals surface area (Å²) in [5.74, 6) is 0. The van der Waals surface area contributed by atoms with Gasteiger partial charge in [0.25, 0.3) is 0 Å². The van der Waals surface area contributed by atoms with Gasteiger partial charge in [-0.2, -0.15) is 0 Å². The first-order valence-corrected chi connectivity index (χ1v) is 5.50. The predicted molar refractivity (Wildman–Crippen MR) is 66.8 cm³/mol. The van der Waals surface area contributed by atoms with Crippen molar-refractivity contribution in [1.29, 1.82) is 0 Å². The Morgan fingerprint density at radius 2 is 1.88 bits per heavy atom. The lowest BCUT2D eigenvalue weighted by molar-refractivity contribution is 0.296. The van der Waals surface area contributed by atoms with Gasteiger partial charge in [-0.15, -0.1) is 0 Å². The molecular formula is C13H15N3O. The Kier molecular flexibility index (Phi) is 3.55. The second-order valence-corrected chi connectivity index (χ2v) is 3.84. The van der Waals surface area contributed by atoms with Crippen molar-refractivity contribution in [2.45, 2.75) is 13.3 Å². The van der Waals surface area contributed by atoms with Crippen molar-refractivity contribution < 1.29 is 4.74 Å². The van der Waals surface area contributed by atoms with Crippen LogP contribution in [0.4, 0.5) is 5.69 Å². The molecule has 0 amide bonds. The second kappa shape index (κ2) is 5.30. The minimum atomic E-state index is 0.408. The molecule has 1 aromatic heterocycles. The van der Waals surface area contributed by atoms with Crippen molar-refractivity contribution in [3.8, 4) is 6.01 Å². The third-order valence-electron chi connectivity index (χ3n) is 2.41. The average molecular weight is 229 g/mol. The molecule has 4 heteroatoms. The van der Waals surface area contributed by atoms with Gasteiger partial charge in [0.2, 0.25) is 0 Å². The Morgan fingerprint density at radius 1 is 1.18 bits per heavy atom. The number of nitrogen functional groups attached to an aromatic ring is 1. The minimum Gasteiger partial charge on any atom is -0.463 e. The number of para-hydroxylation sites is 1. The fourth-order valence-corrected chi connectivity index (χ4v) is 1.47. The summed E-state index contributed by atoms with van der Waals surface area (Å²) in [4.78, 5) is 8.13. The number of aromatic nitrogens is 2. The third kappa shape index (κ3) is 3.17. The molecule has 2 N–H and O–H groups in total. The van der Waals surface area contributed by atoms with Crippen LogP contribution in [0.5, 0.6) is 6.01 Å². The fraction of sp³-hybridized carbons (Fsp3) is 0.231. The number of ether oxygens (including phenoxy) is 1. The monoisotopic (exact) mass is 229 g/mol. The summed E-state index contributed by atoms with van der Waals surface area (Å²) < 4.78 is 5.44. The molecular weight excluding hydrogens is 214 g/mol. The molecule has 1 aromatic carbocycles. The minimum absolute atomic E-state index is 0.408. The summed E-state index contributed by atoms with van der Waals surface area (Å²) in [6.07, 6.45) is 4.22. The highest BCUT2D eigenvalue weighted by Crippen LogP contribution is 2.11. The molecule has 0 fully saturated rings. The molecule has 0 aliphatic rings. The molecule has 1 heterocycles. The maximum Gasteiger partial charge on any atom is 0.316 e. The van der Waals surface area contributed by atoms with E-state index < -0.39 is 0 Å². The molecule has 0 aliphatic heterocycles. The van der Waals surface area contributed by atoms with E-state index in [2.05, 4.69) is 9.97 Å². The summed E-state index contributed by atoms with van der Waals surface area (Å²) in [6, 6.07) is 8.17. The zero-order valence-corrected chi connectivity index (χ0v) is 9.76. The normalized spacial score (nSPS) is 10.2. The Hall–Kier alpha value is -2.10. The molecule has 0 saturated heterocycles. The number of benzene rings is 1. The fourth-order valence-electron chi connectivity index (χ4n) is 1.47. The van der Waals surface area contributed by atoms with E-state index in [9.17, 15) is 0 Å². The molecule has 0 spiro atoms. The highest BCUT2D eigenvalue weighted by molar-refractivity contribution is 5.46. The first kappa shape index (κ1) is 11.4. The van der Waals surface area contributed by atoms with E-state index in [1.165, 1.54) is 0 Å². The van der Waals surface area contributed by atoms with E-state index in [4.69, 9.17) is 10.5 Å². The summed E-state index contributed by atoms with van der Waals surface area (Å²) in [7, 11) is 0. The Bertz CT molecular complexity index is 482. The summed E-state index contributed by atoms with van der Waals surface area (Å²) in [5.41, 5.74) is 8.73. The number of aryl methyl sites for hydroxylation is 1. The van der Waals surface area contributed by atoms with Crippen LogP contribution in [-0.4, -0.2) is 16.6 Å². The largest absolute Gasteiger partial charge is 0.463 e. The molecule has 88 valence electrons. The number of anilines is 1. The molecule has 0 bridgehead atoms. The molecule has 0 aliphatic carbocycles. The van der Waals surface area contributed by atoms with E-state index in [1.807, 2.05) is 31.2 Å². The number of nitrogens with two attached hydrogens (primary N) is 1. The van der Waals surface area contributed by atoms with Crippen molar-refractivity contribution in [3.05, 3.63) is 47.8 Å². The van der Waals surface area contributed by atoms with Crippen LogP contribution in [0.3, 0.4) is 0 Å². The quantitative estimate of drug-likeness (QED) is 0.814. The first-order valence-electron chi connectivity index (χ1n) is 5.50. The van der Waals surface area contributed by atoms with E-state index in [-0.39, 0.29) is 0 Å². The highest BCUT2D eigenvalue weighted by Gasteiger charge is 2.00. The molecule has 0 radical (unpaired) electrons. The zero-order valence-electron chi connectivity index (χ0n) is 9.76. The van der Waals surface area contributed by atoms with Gasteiger partial charge >= 0.3 is 6.01 Å². The van der Waals surface area contributed by atoms with E-state index >= 15 is 0 Å². The number of rotatable bonds is 4. The van der Waals surface area contributed by atoms with Crippen molar-refractivity contribution in [3.63, 3.8) is 0 Å². The number of hydrogen-bond donors (Lipinski definition) is 1.